The van der Waals surface area contributed by atoms with Gasteiger partial charge in [0, 0.05) is 38.2 Å². The van der Waals surface area contributed by atoms with Crippen LogP contribution in [0.1, 0.15) is 70.3 Å². The van der Waals surface area contributed by atoms with Gasteiger partial charge in [0.2, 0.25) is 12.1 Å². The second kappa shape index (κ2) is 22.2. The first-order valence-corrected chi connectivity index (χ1v) is 21.3. The molecule has 0 fully saturated rings. The maximum absolute atomic E-state index is 13.3. The number of rotatable bonds is 16. The summed E-state index contributed by atoms with van der Waals surface area (Å²) in [6.45, 7) is 5.90. The normalized spacial score (nSPS) is 13.2. The summed E-state index contributed by atoms with van der Waals surface area (Å²) < 4.78 is 0. The molecule has 0 aliphatic heterocycles. The molecule has 0 heterocycles. The number of hydrogen-bond acceptors (Lipinski definition) is 10. The lowest BCUT2D eigenvalue weighted by atomic mass is 10.1. The molecule has 4 N–H and O–H groups in total. The Balaban J connectivity index is 1.24. The molecule has 4 unspecified atom stereocenters. The lowest BCUT2D eigenvalue weighted by Crippen LogP contribution is -2.32. The number of amides is 4. The van der Waals surface area contributed by atoms with Crippen molar-refractivity contribution in [3.8, 4) is 0 Å². The molecule has 0 aliphatic carbocycles. The highest BCUT2D eigenvalue weighted by Crippen LogP contribution is 2.35. The van der Waals surface area contributed by atoms with Crippen molar-refractivity contribution < 1.29 is 28.8 Å². The molecule has 14 nitrogen and oxygen atoms in total. The summed E-state index contributed by atoms with van der Waals surface area (Å²) in [7, 11) is 0. The number of carbonyl (C=O) groups excluding carboxylic acids is 6. The van der Waals surface area contributed by atoms with Gasteiger partial charge in [0.15, 0.2) is 11.6 Å². The lowest BCUT2D eigenvalue weighted by Gasteiger charge is -2.15. The molecule has 0 radical (unpaired) electrons. The van der Waals surface area contributed by atoms with Gasteiger partial charge >= 0.3 is 0 Å². The highest BCUT2D eigenvalue weighted by atomic mass is 35.5. The molecule has 4 amide bonds. The number of benzene rings is 5. The molecule has 5 aromatic rings. The first-order valence-electron chi connectivity index (χ1n) is 18.9. The summed E-state index contributed by atoms with van der Waals surface area (Å²) in [5.74, 6) is -4.26. The third-order valence-electron chi connectivity index (χ3n) is 8.95. The van der Waals surface area contributed by atoms with Crippen molar-refractivity contribution in [1.29, 1.82) is 0 Å². The first kappa shape index (κ1) is 49.3. The summed E-state index contributed by atoms with van der Waals surface area (Å²) >= 11 is 37.7. The predicted molar refractivity (Wildman–Crippen MR) is 252 cm³/mol. The Morgan fingerprint density at radius 2 is 0.859 bits per heavy atom. The number of hydrogen-bond donors (Lipinski definition) is 4. The summed E-state index contributed by atoms with van der Waals surface area (Å²) in [5, 5.41) is 25.8. The van der Waals surface area contributed by atoms with E-state index >= 15 is 0 Å². The topological polar surface area (TPSA) is 200 Å². The molecule has 0 aromatic heterocycles. The van der Waals surface area contributed by atoms with Gasteiger partial charge in [0.05, 0.1) is 37.9 Å². The molecule has 330 valence electrons. The van der Waals surface area contributed by atoms with Gasteiger partial charge in [-0.25, -0.2) is 0 Å². The molecule has 5 aromatic carbocycles. The van der Waals surface area contributed by atoms with E-state index in [9.17, 15) is 28.8 Å². The molecular formula is C44H36Cl6N8O6. The fourth-order valence-corrected chi connectivity index (χ4v) is 6.98. The van der Waals surface area contributed by atoms with Crippen LogP contribution < -0.4 is 21.3 Å². The molecule has 5 rings (SSSR count). The number of ketones is 2. The smallest absolute Gasteiger partial charge is 0.258 e. The number of anilines is 4. The number of nitrogens with zero attached hydrogens (tertiary/aromatic N) is 4. The third kappa shape index (κ3) is 13.6. The number of azo groups is 2. The number of halogens is 6. The Morgan fingerprint density at radius 1 is 0.484 bits per heavy atom. The molecule has 0 saturated carbocycles. The van der Waals surface area contributed by atoms with Gasteiger partial charge in [-0.05, 0) is 112 Å². The zero-order valence-electron chi connectivity index (χ0n) is 34.1. The Hall–Kier alpha value is -5.74. The van der Waals surface area contributed by atoms with Crippen molar-refractivity contribution in [3.63, 3.8) is 0 Å². The minimum absolute atomic E-state index is 0.0141. The van der Waals surface area contributed by atoms with E-state index in [1.165, 1.54) is 48.5 Å². The number of carbonyl (C=O) groups is 6. The van der Waals surface area contributed by atoms with E-state index in [1.807, 2.05) is 13.8 Å². The monoisotopic (exact) mass is 982 g/mol. The number of alkyl halides is 2. The quantitative estimate of drug-likeness (QED) is 0.0430. The van der Waals surface area contributed by atoms with E-state index in [1.54, 1.807) is 48.5 Å². The van der Waals surface area contributed by atoms with Crippen LogP contribution in [0.15, 0.2) is 118 Å². The van der Waals surface area contributed by atoms with Crippen LogP contribution in [0.25, 0.3) is 0 Å². The van der Waals surface area contributed by atoms with Crippen molar-refractivity contribution >= 4 is 139 Å². The minimum atomic E-state index is -1.69. The zero-order chi connectivity index (χ0) is 46.8. The number of Topliss-reactive ketones (excluding diaryl/α,β-unsaturated/α-hetero) is 2. The van der Waals surface area contributed by atoms with Crippen molar-refractivity contribution in [2.45, 2.75) is 50.5 Å². The summed E-state index contributed by atoms with van der Waals surface area (Å²) in [4.78, 5) is 77.8. The Kier molecular flexibility index (Phi) is 17.1. The van der Waals surface area contributed by atoms with Gasteiger partial charge in [-0.3, -0.25) is 28.8 Å². The highest BCUT2D eigenvalue weighted by molar-refractivity contribution is 6.40. The zero-order valence-corrected chi connectivity index (χ0v) is 38.6. The van der Waals surface area contributed by atoms with Crippen molar-refractivity contribution in [2.75, 3.05) is 21.3 Å². The van der Waals surface area contributed by atoms with E-state index in [0.717, 1.165) is 25.0 Å². The van der Waals surface area contributed by atoms with Gasteiger partial charge in [0.1, 0.15) is 0 Å². The lowest BCUT2D eigenvalue weighted by molar-refractivity contribution is -0.127. The van der Waals surface area contributed by atoms with Crippen molar-refractivity contribution in [3.05, 3.63) is 139 Å². The predicted octanol–water partition coefficient (Wildman–Crippen LogP) is 12.8. The molecular weight excluding hydrogens is 949 g/mol. The summed E-state index contributed by atoms with van der Waals surface area (Å²) in [5.41, 5.74) is 3.06. The second-order valence-electron chi connectivity index (χ2n) is 14.0. The van der Waals surface area contributed by atoms with Gasteiger partial charge in [-0.1, -0.05) is 70.7 Å². The van der Waals surface area contributed by atoms with Crippen LogP contribution in [0.3, 0.4) is 0 Å². The van der Waals surface area contributed by atoms with Crippen LogP contribution in [-0.2, 0) is 19.2 Å². The van der Waals surface area contributed by atoms with E-state index in [2.05, 4.69) is 41.7 Å². The molecule has 20 heteroatoms. The standard InChI is InChI=1S/C44H36Cl6N8O6/c1-21(45)25-5-9-31(10-6-25)51-41(61)27-13-29(47)17-34(15-27)55-57-38(23(3)59)43(63)53-33-19-36(49)40(37(50)20-33)54-44(64)39(24(4)60)58-56-35-16-28(14-30(48)18-35)42(62)52-32-11-7-26(8-12-32)22(2)46/h5-22,38-39H,1-4H3,(H,51,61)(H,52,62)(H,53,63)(H,54,64). The molecule has 0 spiro atoms. The molecule has 64 heavy (non-hydrogen) atoms. The van der Waals surface area contributed by atoms with Crippen LogP contribution in [0.5, 0.6) is 0 Å². The minimum Gasteiger partial charge on any atom is -0.324 e. The Morgan fingerprint density at radius 3 is 1.22 bits per heavy atom. The van der Waals surface area contributed by atoms with Crippen LogP contribution in [-0.4, -0.2) is 47.3 Å². The maximum Gasteiger partial charge on any atom is 0.258 e. The van der Waals surface area contributed by atoms with Crippen LogP contribution >= 0.6 is 69.6 Å². The van der Waals surface area contributed by atoms with Gasteiger partial charge in [0.25, 0.3) is 23.6 Å². The van der Waals surface area contributed by atoms with Crippen molar-refractivity contribution in [1.82, 2.24) is 0 Å². The van der Waals surface area contributed by atoms with Gasteiger partial charge in [-0.15, -0.1) is 23.2 Å². The van der Waals surface area contributed by atoms with Crippen LogP contribution in [0.4, 0.5) is 34.1 Å². The largest absolute Gasteiger partial charge is 0.324 e. The van der Waals surface area contributed by atoms with E-state index in [0.29, 0.717) is 11.4 Å². The Bertz CT molecular complexity index is 2650. The Labute approximate surface area is 397 Å². The van der Waals surface area contributed by atoms with Gasteiger partial charge in [-0.2, -0.15) is 20.5 Å². The molecule has 4 atom stereocenters. The van der Waals surface area contributed by atoms with Crippen LogP contribution in [0.2, 0.25) is 20.1 Å². The van der Waals surface area contributed by atoms with Gasteiger partial charge < -0.3 is 21.3 Å². The molecule has 0 aliphatic rings. The van der Waals surface area contributed by atoms with E-state index in [-0.39, 0.29) is 64.7 Å². The molecule has 0 bridgehead atoms. The average Bonchev–Trinajstić information content (AvgIpc) is 3.22. The highest BCUT2D eigenvalue weighted by Gasteiger charge is 2.27. The summed E-state index contributed by atoms with van der Waals surface area (Å²) in [6, 6.07) is 21.4. The molecule has 0 saturated heterocycles. The first-order chi connectivity index (χ1) is 30.3. The SMILES string of the molecule is CC(=O)C(N=Nc1cc(Cl)cc(C(=O)Nc2ccc(C(C)Cl)cc2)c1)C(=O)Nc1cc(Cl)c(NC(=O)C(N=Nc2cc(Cl)cc(C(=O)Nc3ccc(C(C)Cl)cc3)c2)C(C)=O)c(Cl)c1. The maximum atomic E-state index is 13.3. The average molecular weight is 986 g/mol. The van der Waals surface area contributed by atoms with E-state index in [4.69, 9.17) is 69.6 Å². The van der Waals surface area contributed by atoms with E-state index < -0.39 is 47.3 Å². The third-order valence-corrected chi connectivity index (χ3v) is 10.5. The van der Waals surface area contributed by atoms with Crippen LogP contribution in [0, 0.1) is 0 Å². The summed E-state index contributed by atoms with van der Waals surface area (Å²) in [6.07, 6.45) is 0. The van der Waals surface area contributed by atoms with Crippen molar-refractivity contribution in [2.24, 2.45) is 20.5 Å². The number of nitrogens with one attached hydrogen (secondary N) is 4. The fraction of sp³-hybridized carbons (Fsp3) is 0.182. The fourth-order valence-electron chi connectivity index (χ4n) is 5.65. The second-order valence-corrected chi connectivity index (χ2v) is 17.0.